The SMILES string of the molecule is COc1ccc(O)c(C(=O)CN(C)C)c1O. The molecule has 0 heterocycles. The highest BCUT2D eigenvalue weighted by atomic mass is 16.5. The lowest BCUT2D eigenvalue weighted by Gasteiger charge is -2.12. The van der Waals surface area contributed by atoms with Crippen LogP contribution in [-0.2, 0) is 0 Å². The summed E-state index contributed by atoms with van der Waals surface area (Å²) in [5.74, 6) is -0.765. The van der Waals surface area contributed by atoms with Gasteiger partial charge >= 0.3 is 0 Å². The Morgan fingerprint density at radius 3 is 2.50 bits per heavy atom. The third-order valence-electron chi connectivity index (χ3n) is 2.08. The number of likely N-dealkylation sites (N-methyl/N-ethyl adjacent to an activating group) is 1. The van der Waals surface area contributed by atoms with Crippen LogP contribution in [0.5, 0.6) is 17.2 Å². The Hall–Kier alpha value is -1.75. The zero-order valence-corrected chi connectivity index (χ0v) is 9.52. The summed E-state index contributed by atoms with van der Waals surface area (Å²) in [5, 5.41) is 19.3. The van der Waals surface area contributed by atoms with Crippen LogP contribution < -0.4 is 4.74 Å². The molecule has 0 aliphatic heterocycles. The monoisotopic (exact) mass is 225 g/mol. The van der Waals surface area contributed by atoms with E-state index in [4.69, 9.17) is 4.74 Å². The van der Waals surface area contributed by atoms with E-state index in [9.17, 15) is 15.0 Å². The van der Waals surface area contributed by atoms with Crippen molar-refractivity contribution < 1.29 is 19.7 Å². The van der Waals surface area contributed by atoms with Crippen molar-refractivity contribution in [2.75, 3.05) is 27.7 Å². The van der Waals surface area contributed by atoms with Gasteiger partial charge in [0, 0.05) is 0 Å². The molecule has 0 unspecified atom stereocenters. The molecule has 0 radical (unpaired) electrons. The highest BCUT2D eigenvalue weighted by Gasteiger charge is 2.20. The molecule has 0 aliphatic carbocycles. The summed E-state index contributed by atoms with van der Waals surface area (Å²) < 4.78 is 4.87. The first-order valence-electron chi connectivity index (χ1n) is 4.74. The summed E-state index contributed by atoms with van der Waals surface area (Å²) in [6, 6.07) is 2.72. The second kappa shape index (κ2) is 4.85. The molecule has 0 spiro atoms. The maximum Gasteiger partial charge on any atom is 0.184 e. The van der Waals surface area contributed by atoms with Gasteiger partial charge in [-0.3, -0.25) is 4.79 Å². The van der Waals surface area contributed by atoms with Gasteiger partial charge in [0.25, 0.3) is 0 Å². The van der Waals surface area contributed by atoms with Crippen molar-refractivity contribution in [1.29, 1.82) is 0 Å². The molecule has 1 aromatic rings. The molecule has 0 saturated heterocycles. The molecule has 0 aliphatic rings. The molecule has 5 heteroatoms. The molecule has 0 fully saturated rings. The van der Waals surface area contributed by atoms with Gasteiger partial charge in [-0.1, -0.05) is 0 Å². The number of carbonyl (C=O) groups is 1. The minimum absolute atomic E-state index is 0.104. The summed E-state index contributed by atoms with van der Waals surface area (Å²) in [6.45, 7) is 0.105. The number of methoxy groups -OCH3 is 1. The number of rotatable bonds is 4. The average Bonchev–Trinajstić information content (AvgIpc) is 2.16. The molecule has 5 nitrogen and oxygen atoms in total. The first-order valence-corrected chi connectivity index (χ1v) is 4.74. The number of phenols is 2. The van der Waals surface area contributed by atoms with Crippen LogP contribution >= 0.6 is 0 Å². The number of ether oxygens (including phenoxy) is 1. The molecule has 1 aromatic carbocycles. The van der Waals surface area contributed by atoms with Gasteiger partial charge in [0.2, 0.25) is 0 Å². The number of hydrogen-bond acceptors (Lipinski definition) is 5. The van der Waals surface area contributed by atoms with Crippen LogP contribution in [0.25, 0.3) is 0 Å². The van der Waals surface area contributed by atoms with Crippen LogP contribution in [0.4, 0.5) is 0 Å². The summed E-state index contributed by atoms with van der Waals surface area (Å²) in [6.07, 6.45) is 0. The van der Waals surface area contributed by atoms with E-state index in [2.05, 4.69) is 0 Å². The van der Waals surface area contributed by atoms with E-state index in [-0.39, 0.29) is 35.1 Å². The fraction of sp³-hybridized carbons (Fsp3) is 0.364. The summed E-state index contributed by atoms with van der Waals surface area (Å²) in [5.41, 5.74) is -0.104. The van der Waals surface area contributed by atoms with Crippen molar-refractivity contribution in [3.63, 3.8) is 0 Å². The number of nitrogens with zero attached hydrogens (tertiary/aromatic N) is 1. The molecule has 0 atom stereocenters. The van der Waals surface area contributed by atoms with Crippen LogP contribution in [-0.4, -0.2) is 48.6 Å². The van der Waals surface area contributed by atoms with Crippen LogP contribution in [0.3, 0.4) is 0 Å². The first kappa shape index (κ1) is 12.3. The van der Waals surface area contributed by atoms with Gasteiger partial charge in [0.05, 0.1) is 13.7 Å². The zero-order chi connectivity index (χ0) is 12.3. The van der Waals surface area contributed by atoms with Crippen molar-refractivity contribution in [2.45, 2.75) is 0 Å². The first-order chi connectivity index (χ1) is 7.47. The standard InChI is InChI=1S/C11H15NO4/c1-12(2)6-8(14)10-7(13)4-5-9(16-3)11(10)15/h4-5,13,15H,6H2,1-3H3. The maximum atomic E-state index is 11.7. The van der Waals surface area contributed by atoms with E-state index in [1.807, 2.05) is 0 Å². The quantitative estimate of drug-likeness (QED) is 0.743. The van der Waals surface area contributed by atoms with Gasteiger partial charge in [0.1, 0.15) is 11.3 Å². The minimum Gasteiger partial charge on any atom is -0.507 e. The molecule has 2 N–H and O–H groups in total. The number of ketones is 1. The van der Waals surface area contributed by atoms with Gasteiger partial charge in [-0.15, -0.1) is 0 Å². The van der Waals surface area contributed by atoms with Crippen molar-refractivity contribution in [2.24, 2.45) is 0 Å². The number of phenolic OH excluding ortho intramolecular Hbond substituents is 2. The third kappa shape index (κ3) is 2.43. The lowest BCUT2D eigenvalue weighted by molar-refractivity contribution is 0.0952. The van der Waals surface area contributed by atoms with Crippen molar-refractivity contribution in [1.82, 2.24) is 4.90 Å². The lowest BCUT2D eigenvalue weighted by atomic mass is 10.1. The molecule has 1 rings (SSSR count). The molecular formula is C11H15NO4. The topological polar surface area (TPSA) is 70.0 Å². The van der Waals surface area contributed by atoms with E-state index in [1.54, 1.807) is 19.0 Å². The van der Waals surface area contributed by atoms with Crippen LogP contribution in [0, 0.1) is 0 Å². The van der Waals surface area contributed by atoms with E-state index < -0.39 is 0 Å². The fourth-order valence-corrected chi connectivity index (χ4v) is 1.37. The Labute approximate surface area is 93.9 Å². The summed E-state index contributed by atoms with van der Waals surface area (Å²) in [7, 11) is 4.84. The van der Waals surface area contributed by atoms with Gasteiger partial charge < -0.3 is 19.8 Å². The van der Waals surface area contributed by atoms with Crippen LogP contribution in [0.1, 0.15) is 10.4 Å². The smallest absolute Gasteiger partial charge is 0.184 e. The largest absolute Gasteiger partial charge is 0.507 e. The Morgan fingerprint density at radius 1 is 1.38 bits per heavy atom. The van der Waals surface area contributed by atoms with Crippen molar-refractivity contribution in [3.05, 3.63) is 17.7 Å². The number of carbonyl (C=O) groups excluding carboxylic acids is 1. The fourth-order valence-electron chi connectivity index (χ4n) is 1.37. The number of benzene rings is 1. The Kier molecular flexibility index (Phi) is 3.73. The van der Waals surface area contributed by atoms with E-state index in [0.717, 1.165) is 0 Å². The third-order valence-corrected chi connectivity index (χ3v) is 2.08. The van der Waals surface area contributed by atoms with E-state index in [0.29, 0.717) is 0 Å². The van der Waals surface area contributed by atoms with E-state index >= 15 is 0 Å². The Bertz CT molecular complexity index is 401. The number of hydrogen-bond donors (Lipinski definition) is 2. The zero-order valence-electron chi connectivity index (χ0n) is 9.52. The van der Waals surface area contributed by atoms with Crippen molar-refractivity contribution in [3.8, 4) is 17.2 Å². The number of aromatic hydroxyl groups is 2. The second-order valence-corrected chi connectivity index (χ2v) is 3.67. The number of Topliss-reactive ketones (excluding diaryl/α,β-unsaturated/α-hetero) is 1. The molecule has 0 saturated carbocycles. The predicted octanol–water partition coefficient (Wildman–Crippen LogP) is 0.851. The minimum atomic E-state index is -0.362. The molecule has 0 bridgehead atoms. The van der Waals surface area contributed by atoms with Gasteiger partial charge in [-0.2, -0.15) is 0 Å². The van der Waals surface area contributed by atoms with Crippen molar-refractivity contribution >= 4 is 5.78 Å². The lowest BCUT2D eigenvalue weighted by Crippen LogP contribution is -2.21. The second-order valence-electron chi connectivity index (χ2n) is 3.67. The highest BCUT2D eigenvalue weighted by molar-refractivity contribution is 6.03. The highest BCUT2D eigenvalue weighted by Crippen LogP contribution is 2.35. The normalized spacial score (nSPS) is 10.5. The maximum absolute atomic E-state index is 11.7. The Balaban J connectivity index is 3.16. The van der Waals surface area contributed by atoms with Crippen LogP contribution in [0.2, 0.25) is 0 Å². The molecule has 88 valence electrons. The molecular weight excluding hydrogens is 210 g/mol. The van der Waals surface area contributed by atoms with Gasteiger partial charge in [-0.05, 0) is 26.2 Å². The van der Waals surface area contributed by atoms with Gasteiger partial charge in [0.15, 0.2) is 17.3 Å². The Morgan fingerprint density at radius 2 is 2.00 bits per heavy atom. The summed E-state index contributed by atoms with van der Waals surface area (Å²) >= 11 is 0. The summed E-state index contributed by atoms with van der Waals surface area (Å²) in [4.78, 5) is 13.4. The molecule has 0 amide bonds. The van der Waals surface area contributed by atoms with Gasteiger partial charge in [-0.25, -0.2) is 0 Å². The average molecular weight is 225 g/mol. The van der Waals surface area contributed by atoms with E-state index in [1.165, 1.54) is 19.2 Å². The molecule has 0 aromatic heterocycles. The van der Waals surface area contributed by atoms with Crippen LogP contribution in [0.15, 0.2) is 12.1 Å². The predicted molar refractivity (Wildman–Crippen MR) is 59.2 cm³/mol. The molecule has 16 heavy (non-hydrogen) atoms.